The number of nitrogens with one attached hydrogen (secondary N) is 2. The van der Waals surface area contributed by atoms with Gasteiger partial charge in [0.15, 0.2) is 0 Å². The van der Waals surface area contributed by atoms with Crippen molar-refractivity contribution in [1.82, 2.24) is 14.6 Å². The van der Waals surface area contributed by atoms with E-state index in [-0.39, 0.29) is 12.8 Å². The number of aliphatic hydroxyl groups excluding tert-OH is 1. The summed E-state index contributed by atoms with van der Waals surface area (Å²) in [6.07, 6.45) is -2.99. The second-order valence-electron chi connectivity index (χ2n) is 7.29. The Bertz CT molecular complexity index is 1140. The van der Waals surface area contributed by atoms with Crippen LogP contribution in [-0.2, 0) is 29.8 Å². The number of carbonyl (C=O) groups is 1. The van der Waals surface area contributed by atoms with Crippen molar-refractivity contribution >= 4 is 13.7 Å². The molecule has 2 aromatic rings. The smallest absolute Gasteiger partial charge is 0.403 e. The van der Waals surface area contributed by atoms with Crippen LogP contribution < -0.4 is 16.3 Å². The molecule has 2 heterocycles. The highest BCUT2D eigenvalue weighted by atomic mass is 31.2. The van der Waals surface area contributed by atoms with E-state index in [1.807, 2.05) is 0 Å². The molecule has 1 aliphatic rings. The maximum Gasteiger partial charge on any atom is 0.403 e. The molecule has 0 saturated carbocycles. The molecule has 0 bridgehead atoms. The molecular formula is C19H23FN3O9P. The predicted octanol–water partition coefficient (Wildman–Crippen LogP) is -0.185. The van der Waals surface area contributed by atoms with Crippen LogP contribution in [0.3, 0.4) is 0 Å². The van der Waals surface area contributed by atoms with Crippen molar-refractivity contribution in [2.75, 3.05) is 13.7 Å². The molecular weight excluding hydrogens is 464 g/mol. The summed E-state index contributed by atoms with van der Waals surface area (Å²) in [6.45, 7) is -0.585. The molecule has 0 radical (unpaired) electrons. The summed E-state index contributed by atoms with van der Waals surface area (Å²) in [6, 6.07) is 7.52. The molecule has 4 N–H and O–H groups in total. The number of esters is 1. The van der Waals surface area contributed by atoms with E-state index in [4.69, 9.17) is 9.26 Å². The highest BCUT2D eigenvalue weighted by Crippen LogP contribution is 2.40. The van der Waals surface area contributed by atoms with Gasteiger partial charge in [-0.3, -0.25) is 23.7 Å². The summed E-state index contributed by atoms with van der Waals surface area (Å²) in [5.74, 6) is -2.00. The number of rotatable bonds is 9. The van der Waals surface area contributed by atoms with Gasteiger partial charge in [-0.15, -0.1) is 0 Å². The average Bonchev–Trinajstić information content (AvgIpc) is 3.14. The van der Waals surface area contributed by atoms with Gasteiger partial charge in [-0.2, -0.15) is 4.39 Å². The number of benzene rings is 1. The molecule has 1 aromatic heterocycles. The fourth-order valence-electron chi connectivity index (χ4n) is 3.29. The van der Waals surface area contributed by atoms with E-state index in [2.05, 4.69) is 9.82 Å². The fourth-order valence-corrected chi connectivity index (χ4v) is 4.31. The lowest BCUT2D eigenvalue weighted by Gasteiger charge is -2.22. The summed E-state index contributed by atoms with van der Waals surface area (Å²) < 4.78 is 41.9. The molecule has 180 valence electrons. The van der Waals surface area contributed by atoms with Crippen LogP contribution in [0.4, 0.5) is 4.39 Å². The van der Waals surface area contributed by atoms with Gasteiger partial charge in [-0.05, 0) is 12.0 Å². The number of aliphatic hydroxyl groups is 1. The van der Waals surface area contributed by atoms with Gasteiger partial charge in [0.25, 0.3) is 5.56 Å². The lowest BCUT2D eigenvalue weighted by molar-refractivity contribution is -0.142. The van der Waals surface area contributed by atoms with Crippen molar-refractivity contribution < 1.29 is 37.7 Å². The van der Waals surface area contributed by atoms with E-state index >= 15 is 0 Å². The number of nitrogens with zero attached hydrogens (tertiary/aromatic N) is 1. The van der Waals surface area contributed by atoms with Gasteiger partial charge in [0.2, 0.25) is 5.82 Å². The molecule has 1 aliphatic heterocycles. The Kier molecular flexibility index (Phi) is 7.95. The molecule has 12 nitrogen and oxygen atoms in total. The SMILES string of the molecule is COC(=O)C(Cc1ccccc1)NP(=O)(O)OC[C@H]1O[C@@H](n2cc(F)c(=O)[nH]c2=O)C[C@@H]1O. The molecule has 2 unspecified atom stereocenters. The predicted molar refractivity (Wildman–Crippen MR) is 111 cm³/mol. The zero-order valence-electron chi connectivity index (χ0n) is 17.4. The number of hydrogen-bond donors (Lipinski definition) is 4. The van der Waals surface area contributed by atoms with Gasteiger partial charge in [0, 0.05) is 6.42 Å². The number of ether oxygens (including phenoxy) is 2. The first-order valence-electron chi connectivity index (χ1n) is 9.81. The third-order valence-electron chi connectivity index (χ3n) is 4.94. The second-order valence-corrected chi connectivity index (χ2v) is 8.84. The fraction of sp³-hybridized carbons (Fsp3) is 0.421. The maximum atomic E-state index is 13.5. The molecule has 14 heteroatoms. The van der Waals surface area contributed by atoms with Crippen molar-refractivity contribution in [2.24, 2.45) is 0 Å². The zero-order chi connectivity index (χ0) is 24.2. The third-order valence-corrected chi connectivity index (χ3v) is 6.08. The molecule has 33 heavy (non-hydrogen) atoms. The number of halogens is 1. The van der Waals surface area contributed by atoms with Crippen molar-refractivity contribution in [1.29, 1.82) is 0 Å². The topological polar surface area (TPSA) is 169 Å². The van der Waals surface area contributed by atoms with Crippen LogP contribution in [0.15, 0.2) is 46.1 Å². The van der Waals surface area contributed by atoms with E-state index in [9.17, 15) is 33.3 Å². The minimum absolute atomic E-state index is 0.0484. The van der Waals surface area contributed by atoms with E-state index < -0.39 is 61.9 Å². The first-order chi connectivity index (χ1) is 15.6. The summed E-state index contributed by atoms with van der Waals surface area (Å²) in [7, 11) is -3.43. The van der Waals surface area contributed by atoms with Crippen molar-refractivity contribution in [3.63, 3.8) is 0 Å². The maximum absolute atomic E-state index is 13.5. The average molecular weight is 487 g/mol. The third kappa shape index (κ3) is 6.44. The summed E-state index contributed by atoms with van der Waals surface area (Å²) in [4.78, 5) is 47.1. The molecule has 1 aromatic carbocycles. The van der Waals surface area contributed by atoms with Crippen molar-refractivity contribution in [3.8, 4) is 0 Å². The highest BCUT2D eigenvalue weighted by Gasteiger charge is 2.38. The monoisotopic (exact) mass is 487 g/mol. The lowest BCUT2D eigenvalue weighted by Crippen LogP contribution is -2.38. The molecule has 3 rings (SSSR count). The zero-order valence-corrected chi connectivity index (χ0v) is 18.3. The molecule has 0 spiro atoms. The molecule has 5 atom stereocenters. The number of hydrogen-bond acceptors (Lipinski definition) is 8. The number of aromatic nitrogens is 2. The second kappa shape index (κ2) is 10.5. The number of methoxy groups -OCH3 is 1. The Morgan fingerprint density at radius 3 is 2.76 bits per heavy atom. The van der Waals surface area contributed by atoms with Gasteiger partial charge >= 0.3 is 19.4 Å². The molecule has 1 fully saturated rings. The summed E-state index contributed by atoms with van der Waals surface area (Å²) >= 11 is 0. The highest BCUT2D eigenvalue weighted by molar-refractivity contribution is 7.50. The Morgan fingerprint density at radius 2 is 2.09 bits per heavy atom. The summed E-state index contributed by atoms with van der Waals surface area (Å²) in [5, 5.41) is 12.4. The largest absolute Gasteiger partial charge is 0.468 e. The van der Waals surface area contributed by atoms with Crippen LogP contribution in [0.5, 0.6) is 0 Å². The van der Waals surface area contributed by atoms with Gasteiger partial charge in [0.1, 0.15) is 18.4 Å². The van der Waals surface area contributed by atoms with E-state index in [1.165, 1.54) is 0 Å². The first kappa shape index (κ1) is 25.0. The van der Waals surface area contributed by atoms with Gasteiger partial charge in [-0.1, -0.05) is 30.3 Å². The molecule has 0 amide bonds. The van der Waals surface area contributed by atoms with E-state index in [0.29, 0.717) is 11.8 Å². The van der Waals surface area contributed by atoms with Gasteiger partial charge in [0.05, 0.1) is 26.0 Å². The molecule has 0 aliphatic carbocycles. The normalized spacial score (nSPS) is 23.1. The number of H-pyrrole nitrogens is 1. The Labute approximate surface area is 186 Å². The Hall–Kier alpha value is -2.67. The van der Waals surface area contributed by atoms with Crippen molar-refractivity contribution in [2.45, 2.75) is 37.3 Å². The van der Waals surface area contributed by atoms with Gasteiger partial charge < -0.3 is 19.5 Å². The van der Waals surface area contributed by atoms with E-state index in [0.717, 1.165) is 11.7 Å². The van der Waals surface area contributed by atoms with Crippen LogP contribution >= 0.6 is 7.75 Å². The van der Waals surface area contributed by atoms with Crippen molar-refractivity contribution in [3.05, 3.63) is 68.7 Å². The first-order valence-corrected chi connectivity index (χ1v) is 11.4. The van der Waals surface area contributed by atoms with Crippen LogP contribution in [0.2, 0.25) is 0 Å². The number of carbonyl (C=O) groups excluding carboxylic acids is 1. The number of aromatic amines is 1. The minimum Gasteiger partial charge on any atom is -0.468 e. The minimum atomic E-state index is -4.57. The Morgan fingerprint density at radius 1 is 1.39 bits per heavy atom. The summed E-state index contributed by atoms with van der Waals surface area (Å²) in [5.41, 5.74) is -1.44. The molecule has 1 saturated heterocycles. The van der Waals surface area contributed by atoms with E-state index in [1.54, 1.807) is 35.3 Å². The quantitative estimate of drug-likeness (QED) is 0.275. The van der Waals surface area contributed by atoms with Crippen LogP contribution in [-0.4, -0.2) is 57.5 Å². The van der Waals surface area contributed by atoms with Crippen LogP contribution in [0.25, 0.3) is 0 Å². The lowest BCUT2D eigenvalue weighted by atomic mass is 10.1. The standard InChI is InChI=1S/C19H23FN3O9P/c1-30-18(26)13(7-11-5-3-2-4-6-11)22-33(28,29)31-10-15-14(24)8-16(32-15)23-9-12(20)17(25)21-19(23)27/h2-6,9,13-16,24H,7-8,10H2,1H3,(H,21,25,27)(H2,22,28,29)/t13?,14-,15+,16+/m0/s1. The van der Waals surface area contributed by atoms with Gasteiger partial charge in [-0.25, -0.2) is 14.4 Å². The van der Waals surface area contributed by atoms with Crippen LogP contribution in [0.1, 0.15) is 18.2 Å². The van der Waals surface area contributed by atoms with Crippen LogP contribution in [0, 0.1) is 5.82 Å². The Balaban J connectivity index is 1.63.